The molecule has 2 aromatic carbocycles. The minimum Gasteiger partial charge on any atom is -0.496 e. The number of methoxy groups -OCH3 is 1. The summed E-state index contributed by atoms with van der Waals surface area (Å²) in [5.41, 5.74) is 3.36. The fraction of sp³-hybridized carbons (Fsp3) is 0.400. The summed E-state index contributed by atoms with van der Waals surface area (Å²) in [5.74, 6) is 1.80. The Hall–Kier alpha value is -2.59. The minimum atomic E-state index is 0.220. The molecule has 4 heteroatoms. The Kier molecular flexibility index (Phi) is 6.00. The number of rotatable bonds is 7. The van der Waals surface area contributed by atoms with E-state index in [1.807, 2.05) is 19.1 Å². The lowest BCUT2D eigenvalue weighted by Crippen LogP contribution is -2.35. The van der Waals surface area contributed by atoms with Crippen molar-refractivity contribution in [1.29, 1.82) is 0 Å². The van der Waals surface area contributed by atoms with E-state index < -0.39 is 0 Å². The first-order valence-corrected chi connectivity index (χ1v) is 10.7. The summed E-state index contributed by atoms with van der Waals surface area (Å²) in [6.07, 6.45) is 4.92. The number of benzene rings is 2. The van der Waals surface area contributed by atoms with Crippen molar-refractivity contribution in [2.45, 2.75) is 38.6 Å². The maximum absolute atomic E-state index is 12.3. The standard InChI is InChI=1S/C25H30N2O2/c1-3-24(28)22-18-27(23-10-6-4-9-21(22)23)17-16-26-14-12-19(13-15-26)20-8-5-7-11-25(20)29-2/h4-11,18-19H,3,12-17H2,1-2H3. The SMILES string of the molecule is CCC(=O)c1cn(CCN2CCC(c3ccccc3OC)CC2)c2ccccc12. The van der Waals surface area contributed by atoms with Gasteiger partial charge in [0, 0.05) is 42.2 Å². The van der Waals surface area contributed by atoms with Crippen LogP contribution in [0.3, 0.4) is 0 Å². The first-order valence-electron chi connectivity index (χ1n) is 10.7. The molecule has 1 saturated heterocycles. The summed E-state index contributed by atoms with van der Waals surface area (Å²) in [7, 11) is 1.76. The Morgan fingerprint density at radius 1 is 1.03 bits per heavy atom. The molecular weight excluding hydrogens is 360 g/mol. The van der Waals surface area contributed by atoms with E-state index in [-0.39, 0.29) is 5.78 Å². The van der Waals surface area contributed by atoms with Crippen molar-refractivity contribution >= 4 is 16.7 Å². The van der Waals surface area contributed by atoms with Gasteiger partial charge >= 0.3 is 0 Å². The molecule has 0 atom stereocenters. The lowest BCUT2D eigenvalue weighted by molar-refractivity contribution is 0.0989. The van der Waals surface area contributed by atoms with E-state index in [0.717, 1.165) is 61.2 Å². The molecule has 0 unspecified atom stereocenters. The molecule has 0 aliphatic carbocycles. The topological polar surface area (TPSA) is 34.5 Å². The van der Waals surface area contributed by atoms with E-state index in [1.165, 1.54) is 5.56 Å². The fourth-order valence-corrected chi connectivity index (χ4v) is 4.56. The fourth-order valence-electron chi connectivity index (χ4n) is 4.56. The summed E-state index contributed by atoms with van der Waals surface area (Å²) in [5, 5.41) is 1.08. The van der Waals surface area contributed by atoms with E-state index in [1.54, 1.807) is 7.11 Å². The molecule has 0 spiro atoms. The van der Waals surface area contributed by atoms with Crippen molar-refractivity contribution in [3.63, 3.8) is 0 Å². The van der Waals surface area contributed by atoms with Crippen molar-refractivity contribution in [3.05, 3.63) is 65.9 Å². The molecule has 0 amide bonds. The Bertz CT molecular complexity index is 983. The smallest absolute Gasteiger partial charge is 0.164 e. The third kappa shape index (κ3) is 4.08. The van der Waals surface area contributed by atoms with E-state index in [0.29, 0.717) is 12.3 Å². The highest BCUT2D eigenvalue weighted by Gasteiger charge is 2.23. The average molecular weight is 391 g/mol. The number of piperidine rings is 1. The van der Waals surface area contributed by atoms with Gasteiger partial charge in [-0.25, -0.2) is 0 Å². The lowest BCUT2D eigenvalue weighted by Gasteiger charge is -2.32. The number of likely N-dealkylation sites (tertiary alicyclic amines) is 1. The Balaban J connectivity index is 1.40. The van der Waals surface area contributed by atoms with E-state index in [2.05, 4.69) is 52.1 Å². The third-order valence-electron chi connectivity index (χ3n) is 6.23. The zero-order valence-electron chi connectivity index (χ0n) is 17.4. The van der Waals surface area contributed by atoms with Crippen molar-refractivity contribution in [2.75, 3.05) is 26.7 Å². The number of Topliss-reactive ketones (excluding diaryl/α,β-unsaturated/α-hetero) is 1. The Labute approximate surface area is 173 Å². The predicted octanol–water partition coefficient (Wildman–Crippen LogP) is 5.12. The van der Waals surface area contributed by atoms with Gasteiger partial charge in [-0.2, -0.15) is 0 Å². The highest BCUT2D eigenvalue weighted by atomic mass is 16.5. The number of ketones is 1. The van der Waals surface area contributed by atoms with Crippen LogP contribution in [0.2, 0.25) is 0 Å². The van der Waals surface area contributed by atoms with Crippen LogP contribution in [0.15, 0.2) is 54.7 Å². The number of hydrogen-bond acceptors (Lipinski definition) is 3. The molecule has 0 bridgehead atoms. The van der Waals surface area contributed by atoms with Crippen LogP contribution in [0.1, 0.15) is 48.0 Å². The molecule has 1 fully saturated rings. The zero-order valence-corrected chi connectivity index (χ0v) is 17.4. The molecule has 29 heavy (non-hydrogen) atoms. The number of aromatic nitrogens is 1. The first kappa shape index (κ1) is 19.7. The molecule has 0 N–H and O–H groups in total. The van der Waals surface area contributed by atoms with Crippen LogP contribution in [0.25, 0.3) is 10.9 Å². The van der Waals surface area contributed by atoms with Crippen molar-refractivity contribution < 1.29 is 9.53 Å². The van der Waals surface area contributed by atoms with Gasteiger partial charge in [0.1, 0.15) is 5.75 Å². The molecule has 3 aromatic rings. The molecular formula is C25H30N2O2. The first-order chi connectivity index (χ1) is 14.2. The molecule has 4 nitrogen and oxygen atoms in total. The molecule has 4 rings (SSSR count). The number of nitrogens with zero attached hydrogens (tertiary/aromatic N) is 2. The monoisotopic (exact) mass is 390 g/mol. The van der Waals surface area contributed by atoms with Crippen LogP contribution in [0.5, 0.6) is 5.75 Å². The quantitative estimate of drug-likeness (QED) is 0.525. The normalized spacial score (nSPS) is 15.7. The maximum atomic E-state index is 12.3. The van der Waals surface area contributed by atoms with Crippen molar-refractivity contribution in [2.24, 2.45) is 0 Å². The van der Waals surface area contributed by atoms with Crippen molar-refractivity contribution in [1.82, 2.24) is 9.47 Å². The summed E-state index contributed by atoms with van der Waals surface area (Å²) in [6.45, 7) is 6.06. The molecule has 1 aliphatic rings. The maximum Gasteiger partial charge on any atom is 0.164 e. The summed E-state index contributed by atoms with van der Waals surface area (Å²) in [6, 6.07) is 16.7. The molecule has 0 saturated carbocycles. The zero-order chi connectivity index (χ0) is 20.2. The number of carbonyl (C=O) groups is 1. The highest BCUT2D eigenvalue weighted by molar-refractivity contribution is 6.07. The second kappa shape index (κ2) is 8.83. The lowest BCUT2D eigenvalue weighted by atomic mass is 9.89. The highest BCUT2D eigenvalue weighted by Crippen LogP contribution is 2.34. The van der Waals surface area contributed by atoms with E-state index in [9.17, 15) is 4.79 Å². The Morgan fingerprint density at radius 2 is 1.76 bits per heavy atom. The third-order valence-corrected chi connectivity index (χ3v) is 6.23. The van der Waals surface area contributed by atoms with E-state index in [4.69, 9.17) is 4.74 Å². The second-order valence-electron chi connectivity index (χ2n) is 7.89. The number of para-hydroxylation sites is 2. The Morgan fingerprint density at radius 3 is 2.52 bits per heavy atom. The number of fused-ring (bicyclic) bond motifs is 1. The van der Waals surface area contributed by atoms with Crippen LogP contribution >= 0.6 is 0 Å². The van der Waals surface area contributed by atoms with Gasteiger partial charge in [0.05, 0.1) is 7.11 Å². The van der Waals surface area contributed by atoms with Gasteiger partial charge in [0.15, 0.2) is 5.78 Å². The van der Waals surface area contributed by atoms with Crippen LogP contribution in [-0.4, -0.2) is 42.0 Å². The van der Waals surface area contributed by atoms with Crippen LogP contribution < -0.4 is 4.74 Å². The summed E-state index contributed by atoms with van der Waals surface area (Å²) >= 11 is 0. The van der Waals surface area contributed by atoms with Gasteiger partial charge in [0.2, 0.25) is 0 Å². The molecule has 1 aliphatic heterocycles. The molecule has 1 aromatic heterocycles. The second-order valence-corrected chi connectivity index (χ2v) is 7.89. The van der Waals surface area contributed by atoms with Crippen LogP contribution in [-0.2, 0) is 6.54 Å². The molecule has 152 valence electrons. The number of ether oxygens (including phenoxy) is 1. The van der Waals surface area contributed by atoms with Gasteiger partial charge < -0.3 is 14.2 Å². The molecule has 2 heterocycles. The van der Waals surface area contributed by atoms with Gasteiger partial charge in [0.25, 0.3) is 0 Å². The summed E-state index contributed by atoms with van der Waals surface area (Å²) in [4.78, 5) is 14.9. The average Bonchev–Trinajstić information content (AvgIpc) is 3.16. The summed E-state index contributed by atoms with van der Waals surface area (Å²) < 4.78 is 7.81. The largest absolute Gasteiger partial charge is 0.496 e. The van der Waals surface area contributed by atoms with Crippen molar-refractivity contribution in [3.8, 4) is 5.75 Å². The van der Waals surface area contributed by atoms with Crippen LogP contribution in [0.4, 0.5) is 0 Å². The van der Waals surface area contributed by atoms with Crippen LogP contribution in [0, 0.1) is 0 Å². The van der Waals surface area contributed by atoms with Gasteiger partial charge in [-0.3, -0.25) is 4.79 Å². The van der Waals surface area contributed by atoms with Gasteiger partial charge in [-0.05, 0) is 49.5 Å². The van der Waals surface area contributed by atoms with E-state index >= 15 is 0 Å². The van der Waals surface area contributed by atoms with Gasteiger partial charge in [-0.1, -0.05) is 43.3 Å². The molecule has 0 radical (unpaired) electrons. The number of carbonyl (C=O) groups excluding carboxylic acids is 1. The van der Waals surface area contributed by atoms with Gasteiger partial charge in [-0.15, -0.1) is 0 Å². The predicted molar refractivity (Wildman–Crippen MR) is 118 cm³/mol. The number of hydrogen-bond donors (Lipinski definition) is 0. The minimum absolute atomic E-state index is 0.220.